The maximum atomic E-state index is 12.0. The Morgan fingerprint density at radius 2 is 2.00 bits per heavy atom. The number of rotatable bonds is 4. The smallest absolute Gasteiger partial charge is 0.255 e. The average Bonchev–Trinajstić information content (AvgIpc) is 2.85. The van der Waals surface area contributed by atoms with E-state index in [0.717, 1.165) is 19.3 Å². The van der Waals surface area contributed by atoms with Crippen LogP contribution in [0.5, 0.6) is 11.5 Å². The van der Waals surface area contributed by atoms with Crippen LogP contribution in [0.25, 0.3) is 0 Å². The van der Waals surface area contributed by atoms with Gasteiger partial charge in [0.05, 0.1) is 5.56 Å². The molecule has 1 aliphatic carbocycles. The zero-order chi connectivity index (χ0) is 13.9. The lowest BCUT2D eigenvalue weighted by atomic mass is 9.83. The minimum Gasteiger partial charge on any atom is -0.508 e. The number of carbonyl (C=O) groups is 1. The van der Waals surface area contributed by atoms with Gasteiger partial charge in [-0.3, -0.25) is 4.79 Å². The van der Waals surface area contributed by atoms with Crippen molar-refractivity contribution >= 4 is 5.91 Å². The second-order valence-electron chi connectivity index (χ2n) is 5.44. The van der Waals surface area contributed by atoms with Gasteiger partial charge in [-0.2, -0.15) is 0 Å². The number of amides is 1. The molecule has 0 aromatic heterocycles. The molecule has 4 heteroatoms. The van der Waals surface area contributed by atoms with E-state index in [4.69, 9.17) is 0 Å². The van der Waals surface area contributed by atoms with Crippen molar-refractivity contribution < 1.29 is 15.0 Å². The van der Waals surface area contributed by atoms with Crippen molar-refractivity contribution in [2.24, 2.45) is 5.41 Å². The lowest BCUT2D eigenvalue weighted by molar-refractivity contribution is 0.0926. The number of carbonyl (C=O) groups excluding carboxylic acids is 1. The zero-order valence-corrected chi connectivity index (χ0v) is 11.3. The fourth-order valence-electron chi connectivity index (χ4n) is 2.86. The Morgan fingerprint density at radius 3 is 2.58 bits per heavy atom. The summed E-state index contributed by atoms with van der Waals surface area (Å²) >= 11 is 0. The van der Waals surface area contributed by atoms with E-state index in [1.54, 1.807) is 0 Å². The van der Waals surface area contributed by atoms with Crippen LogP contribution in [-0.2, 0) is 0 Å². The summed E-state index contributed by atoms with van der Waals surface area (Å²) in [6.07, 6.45) is 5.84. The quantitative estimate of drug-likeness (QED) is 0.782. The van der Waals surface area contributed by atoms with Crippen LogP contribution in [0.1, 0.15) is 49.4 Å². The molecule has 1 amide bonds. The fourth-order valence-corrected chi connectivity index (χ4v) is 2.86. The van der Waals surface area contributed by atoms with Gasteiger partial charge in [0.1, 0.15) is 11.5 Å². The van der Waals surface area contributed by atoms with Gasteiger partial charge in [-0.05, 0) is 36.8 Å². The molecule has 0 bridgehead atoms. The highest BCUT2D eigenvalue weighted by atomic mass is 16.3. The Bertz CT molecular complexity index is 464. The number of benzene rings is 1. The summed E-state index contributed by atoms with van der Waals surface area (Å²) < 4.78 is 0. The normalized spacial score (nSPS) is 17.3. The zero-order valence-electron chi connectivity index (χ0n) is 11.3. The maximum Gasteiger partial charge on any atom is 0.255 e. The molecule has 3 N–H and O–H groups in total. The molecule has 1 aliphatic rings. The Kier molecular flexibility index (Phi) is 3.98. The molecule has 0 heterocycles. The molecule has 1 aromatic carbocycles. The van der Waals surface area contributed by atoms with Crippen LogP contribution in [0.3, 0.4) is 0 Å². The first kappa shape index (κ1) is 13.7. The predicted molar refractivity (Wildman–Crippen MR) is 73.3 cm³/mol. The van der Waals surface area contributed by atoms with Gasteiger partial charge >= 0.3 is 0 Å². The van der Waals surface area contributed by atoms with E-state index in [0.29, 0.717) is 6.54 Å². The molecule has 0 atom stereocenters. The van der Waals surface area contributed by atoms with E-state index in [1.165, 1.54) is 31.0 Å². The second-order valence-corrected chi connectivity index (χ2v) is 5.44. The minimum absolute atomic E-state index is 0.0464. The summed E-state index contributed by atoms with van der Waals surface area (Å²) in [5.41, 5.74) is 0.435. The van der Waals surface area contributed by atoms with Gasteiger partial charge < -0.3 is 15.5 Å². The standard InChI is InChI=1S/C15H21NO3/c1-2-15(7-3-4-8-15)10-16-14(19)12-6-5-11(17)9-13(12)18/h5-6,9,17-18H,2-4,7-8,10H2,1H3,(H,16,19). The lowest BCUT2D eigenvalue weighted by Crippen LogP contribution is -2.35. The van der Waals surface area contributed by atoms with Crippen LogP contribution >= 0.6 is 0 Å². The van der Waals surface area contributed by atoms with E-state index in [9.17, 15) is 15.0 Å². The van der Waals surface area contributed by atoms with Crippen molar-refractivity contribution in [3.63, 3.8) is 0 Å². The molecule has 1 fully saturated rings. The number of phenolic OH excluding ortho intramolecular Hbond substituents is 2. The molecule has 0 unspecified atom stereocenters. The number of hydrogen-bond donors (Lipinski definition) is 3. The van der Waals surface area contributed by atoms with Crippen molar-refractivity contribution in [1.29, 1.82) is 0 Å². The molecule has 0 saturated heterocycles. The molecule has 0 aliphatic heterocycles. The van der Waals surface area contributed by atoms with E-state index < -0.39 is 0 Å². The topological polar surface area (TPSA) is 69.6 Å². The van der Waals surface area contributed by atoms with Gasteiger partial charge in [-0.25, -0.2) is 0 Å². The van der Waals surface area contributed by atoms with Crippen LogP contribution in [-0.4, -0.2) is 22.7 Å². The van der Waals surface area contributed by atoms with Crippen molar-refractivity contribution in [1.82, 2.24) is 5.32 Å². The molecule has 1 aromatic rings. The van der Waals surface area contributed by atoms with E-state index in [1.807, 2.05) is 0 Å². The van der Waals surface area contributed by atoms with Crippen LogP contribution in [0.4, 0.5) is 0 Å². The molecular weight excluding hydrogens is 242 g/mol. The largest absolute Gasteiger partial charge is 0.508 e. The molecule has 0 radical (unpaired) electrons. The first-order chi connectivity index (χ1) is 9.06. The predicted octanol–water partition coefficient (Wildman–Crippen LogP) is 2.80. The summed E-state index contributed by atoms with van der Waals surface area (Å²) in [6.45, 7) is 2.82. The highest BCUT2D eigenvalue weighted by molar-refractivity contribution is 5.97. The van der Waals surface area contributed by atoms with Crippen molar-refractivity contribution in [3.8, 4) is 11.5 Å². The third-order valence-electron chi connectivity index (χ3n) is 4.26. The van der Waals surface area contributed by atoms with Crippen molar-refractivity contribution in [3.05, 3.63) is 23.8 Å². The number of phenols is 2. The fraction of sp³-hybridized carbons (Fsp3) is 0.533. The molecular formula is C15H21NO3. The summed E-state index contributed by atoms with van der Waals surface area (Å²) in [7, 11) is 0. The summed E-state index contributed by atoms with van der Waals surface area (Å²) in [6, 6.07) is 4.02. The Morgan fingerprint density at radius 1 is 1.32 bits per heavy atom. The molecule has 19 heavy (non-hydrogen) atoms. The van der Waals surface area contributed by atoms with Gasteiger partial charge in [0.25, 0.3) is 5.91 Å². The highest BCUT2D eigenvalue weighted by Gasteiger charge is 2.32. The minimum atomic E-state index is -0.280. The Balaban J connectivity index is 2.01. The Labute approximate surface area is 113 Å². The first-order valence-electron chi connectivity index (χ1n) is 6.86. The van der Waals surface area contributed by atoms with Crippen LogP contribution in [0, 0.1) is 5.41 Å². The molecule has 0 spiro atoms. The van der Waals surface area contributed by atoms with E-state index >= 15 is 0 Å². The van der Waals surface area contributed by atoms with Gasteiger partial charge in [0, 0.05) is 12.6 Å². The van der Waals surface area contributed by atoms with Gasteiger partial charge in [-0.1, -0.05) is 19.8 Å². The molecule has 1 saturated carbocycles. The summed E-state index contributed by atoms with van der Waals surface area (Å²) in [5.74, 6) is -0.512. The van der Waals surface area contributed by atoms with Gasteiger partial charge in [0.2, 0.25) is 0 Å². The van der Waals surface area contributed by atoms with Crippen LogP contribution in [0.15, 0.2) is 18.2 Å². The second kappa shape index (κ2) is 5.51. The SMILES string of the molecule is CCC1(CNC(=O)c2ccc(O)cc2O)CCCC1. The molecule has 2 rings (SSSR count). The van der Waals surface area contributed by atoms with Gasteiger partial charge in [-0.15, -0.1) is 0 Å². The molecule has 104 valence electrons. The monoisotopic (exact) mass is 263 g/mol. The average molecular weight is 263 g/mol. The number of nitrogens with one attached hydrogen (secondary N) is 1. The third-order valence-corrected chi connectivity index (χ3v) is 4.26. The lowest BCUT2D eigenvalue weighted by Gasteiger charge is -2.27. The molecule has 4 nitrogen and oxygen atoms in total. The number of aromatic hydroxyl groups is 2. The van der Waals surface area contributed by atoms with Crippen LogP contribution in [0.2, 0.25) is 0 Å². The maximum absolute atomic E-state index is 12.0. The Hall–Kier alpha value is -1.71. The summed E-state index contributed by atoms with van der Waals surface area (Å²) in [4.78, 5) is 12.0. The highest BCUT2D eigenvalue weighted by Crippen LogP contribution is 2.40. The summed E-state index contributed by atoms with van der Waals surface area (Å²) in [5, 5.41) is 21.8. The van der Waals surface area contributed by atoms with E-state index in [2.05, 4.69) is 12.2 Å². The van der Waals surface area contributed by atoms with Crippen molar-refractivity contribution in [2.75, 3.05) is 6.54 Å². The van der Waals surface area contributed by atoms with Crippen molar-refractivity contribution in [2.45, 2.75) is 39.0 Å². The third kappa shape index (κ3) is 3.00. The first-order valence-corrected chi connectivity index (χ1v) is 6.86. The van der Waals surface area contributed by atoms with E-state index in [-0.39, 0.29) is 28.4 Å². The number of hydrogen-bond acceptors (Lipinski definition) is 3. The van der Waals surface area contributed by atoms with Crippen LogP contribution < -0.4 is 5.32 Å². The van der Waals surface area contributed by atoms with Gasteiger partial charge in [0.15, 0.2) is 0 Å².